The van der Waals surface area contributed by atoms with Gasteiger partial charge in [0.2, 0.25) is 0 Å². The summed E-state index contributed by atoms with van der Waals surface area (Å²) in [6.07, 6.45) is 10.1. The number of nitrogens with one attached hydrogen (secondary N) is 1. The molecule has 0 aromatic heterocycles. The van der Waals surface area contributed by atoms with Crippen molar-refractivity contribution >= 4 is 23.3 Å². The number of rotatable bonds is 6. The van der Waals surface area contributed by atoms with Crippen molar-refractivity contribution in [2.75, 3.05) is 29.9 Å². The molecule has 0 atom stereocenters. The quantitative estimate of drug-likeness (QED) is 0.494. The van der Waals surface area contributed by atoms with Gasteiger partial charge in [-0.2, -0.15) is 0 Å². The van der Waals surface area contributed by atoms with E-state index in [1.165, 1.54) is 31.0 Å². The molecule has 0 radical (unpaired) electrons. The molecule has 0 unspecified atom stereocenters. The van der Waals surface area contributed by atoms with Crippen LogP contribution in [0.25, 0.3) is 0 Å². The van der Waals surface area contributed by atoms with E-state index >= 15 is 0 Å². The Kier molecular flexibility index (Phi) is 7.08. The molecule has 2 rings (SSSR count). The van der Waals surface area contributed by atoms with E-state index in [0.717, 1.165) is 13.1 Å². The first-order valence-corrected chi connectivity index (χ1v) is 8.30. The maximum atomic E-state index is 11.8. The van der Waals surface area contributed by atoms with Gasteiger partial charge in [0.1, 0.15) is 0 Å². The van der Waals surface area contributed by atoms with Gasteiger partial charge in [-0.25, -0.2) is 4.79 Å². The lowest BCUT2D eigenvalue weighted by Crippen LogP contribution is -2.29. The van der Waals surface area contributed by atoms with Crippen molar-refractivity contribution in [3.63, 3.8) is 0 Å². The molecule has 1 aliphatic rings. The van der Waals surface area contributed by atoms with Gasteiger partial charge in [0.15, 0.2) is 6.61 Å². The average Bonchev–Trinajstić information content (AvgIpc) is 2.62. The molecule has 1 aromatic carbocycles. The average molecular weight is 328 g/mol. The molecule has 1 aromatic rings. The van der Waals surface area contributed by atoms with Crippen LogP contribution in [0.5, 0.6) is 0 Å². The van der Waals surface area contributed by atoms with E-state index in [1.54, 1.807) is 18.2 Å². The van der Waals surface area contributed by atoms with Crippen molar-refractivity contribution in [2.45, 2.75) is 26.2 Å². The maximum Gasteiger partial charge on any atom is 0.331 e. The number of benzene rings is 1. The molecule has 0 bridgehead atoms. The number of allylic oxidation sites excluding steroid dienone is 3. The summed E-state index contributed by atoms with van der Waals surface area (Å²) < 4.78 is 4.86. The lowest BCUT2D eigenvalue weighted by Gasteiger charge is -2.28. The SMILES string of the molecule is C/C=C/C=C/C(=O)OCC(=O)Nc1ccc(N2CCCCC2)cc1. The van der Waals surface area contributed by atoms with Gasteiger partial charge in [0.25, 0.3) is 5.91 Å². The zero-order valence-corrected chi connectivity index (χ0v) is 14.0. The number of piperidine rings is 1. The summed E-state index contributed by atoms with van der Waals surface area (Å²) in [5, 5.41) is 2.72. The zero-order valence-electron chi connectivity index (χ0n) is 14.0. The van der Waals surface area contributed by atoms with E-state index in [4.69, 9.17) is 4.74 Å². The Morgan fingerprint density at radius 1 is 1.12 bits per heavy atom. The standard InChI is InChI=1S/C19H24N2O3/c1-2-3-5-8-19(23)24-15-18(22)20-16-9-11-17(12-10-16)21-13-6-4-7-14-21/h2-3,5,8-12H,4,6-7,13-15H2,1H3,(H,20,22)/b3-2+,8-5+. The normalized spacial score (nSPS) is 15.0. The molecular formula is C19H24N2O3. The Balaban J connectivity index is 1.78. The number of ether oxygens (including phenoxy) is 1. The van der Waals surface area contributed by atoms with Crippen LogP contribution in [0.15, 0.2) is 48.6 Å². The number of esters is 1. The molecule has 1 amide bonds. The fourth-order valence-corrected chi connectivity index (χ4v) is 2.53. The monoisotopic (exact) mass is 328 g/mol. The highest BCUT2D eigenvalue weighted by Gasteiger charge is 2.11. The molecule has 1 heterocycles. The predicted molar refractivity (Wildman–Crippen MR) is 96.0 cm³/mol. The van der Waals surface area contributed by atoms with Crippen LogP contribution in [-0.2, 0) is 14.3 Å². The van der Waals surface area contributed by atoms with Crippen molar-refractivity contribution in [1.29, 1.82) is 0 Å². The minimum Gasteiger partial charge on any atom is -0.452 e. The van der Waals surface area contributed by atoms with Crippen LogP contribution < -0.4 is 10.2 Å². The third-order valence-electron chi connectivity index (χ3n) is 3.75. The van der Waals surface area contributed by atoms with Gasteiger partial charge in [-0.3, -0.25) is 4.79 Å². The molecule has 1 aliphatic heterocycles. The molecule has 1 fully saturated rings. The molecule has 24 heavy (non-hydrogen) atoms. The number of hydrogen-bond acceptors (Lipinski definition) is 4. The van der Waals surface area contributed by atoms with Crippen LogP contribution >= 0.6 is 0 Å². The smallest absolute Gasteiger partial charge is 0.331 e. The Morgan fingerprint density at radius 3 is 2.50 bits per heavy atom. The van der Waals surface area contributed by atoms with Crippen LogP contribution in [-0.4, -0.2) is 31.6 Å². The number of nitrogens with zero attached hydrogens (tertiary/aromatic N) is 1. The molecule has 1 saturated heterocycles. The van der Waals surface area contributed by atoms with Crippen LogP contribution in [0.2, 0.25) is 0 Å². The van der Waals surface area contributed by atoms with Gasteiger partial charge in [-0.15, -0.1) is 0 Å². The van der Waals surface area contributed by atoms with Crippen LogP contribution in [0.3, 0.4) is 0 Å². The highest BCUT2D eigenvalue weighted by molar-refractivity contribution is 5.93. The van der Waals surface area contributed by atoms with Crippen molar-refractivity contribution in [3.8, 4) is 0 Å². The van der Waals surface area contributed by atoms with E-state index in [2.05, 4.69) is 10.2 Å². The van der Waals surface area contributed by atoms with Crippen LogP contribution in [0.1, 0.15) is 26.2 Å². The highest BCUT2D eigenvalue weighted by atomic mass is 16.5. The predicted octanol–water partition coefficient (Wildman–Crippen LogP) is 3.29. The summed E-state index contributed by atoms with van der Waals surface area (Å²) in [4.78, 5) is 25.5. The van der Waals surface area contributed by atoms with Gasteiger partial charge in [-0.05, 0) is 50.5 Å². The van der Waals surface area contributed by atoms with Crippen LogP contribution in [0, 0.1) is 0 Å². The molecular weight excluding hydrogens is 304 g/mol. The first-order chi connectivity index (χ1) is 11.7. The summed E-state index contributed by atoms with van der Waals surface area (Å²) in [5.74, 6) is -0.891. The summed E-state index contributed by atoms with van der Waals surface area (Å²) >= 11 is 0. The van der Waals surface area contributed by atoms with E-state index < -0.39 is 5.97 Å². The highest BCUT2D eigenvalue weighted by Crippen LogP contribution is 2.21. The zero-order chi connectivity index (χ0) is 17.2. The van der Waals surface area contributed by atoms with Crippen molar-refractivity contribution < 1.29 is 14.3 Å². The van der Waals surface area contributed by atoms with Gasteiger partial charge >= 0.3 is 5.97 Å². The molecule has 0 spiro atoms. The summed E-state index contributed by atoms with van der Waals surface area (Å²) in [6.45, 7) is 3.72. The Morgan fingerprint density at radius 2 is 1.83 bits per heavy atom. The van der Waals surface area contributed by atoms with Gasteiger partial charge in [-0.1, -0.05) is 18.2 Å². The summed E-state index contributed by atoms with van der Waals surface area (Å²) in [6, 6.07) is 7.75. The second-order valence-electron chi connectivity index (χ2n) is 5.64. The number of carbonyl (C=O) groups is 2. The van der Waals surface area contributed by atoms with Crippen LogP contribution in [0.4, 0.5) is 11.4 Å². The lowest BCUT2D eigenvalue weighted by molar-refractivity contribution is -0.142. The summed E-state index contributed by atoms with van der Waals surface area (Å²) in [7, 11) is 0. The topological polar surface area (TPSA) is 58.6 Å². The molecule has 0 saturated carbocycles. The summed E-state index contributed by atoms with van der Waals surface area (Å²) in [5.41, 5.74) is 1.87. The molecule has 128 valence electrons. The second kappa shape index (κ2) is 9.55. The van der Waals surface area contributed by atoms with Gasteiger partial charge in [0.05, 0.1) is 0 Å². The van der Waals surface area contributed by atoms with Gasteiger partial charge in [0, 0.05) is 30.5 Å². The largest absolute Gasteiger partial charge is 0.452 e. The Hall–Kier alpha value is -2.56. The molecule has 0 aliphatic carbocycles. The number of anilines is 2. The lowest BCUT2D eigenvalue weighted by atomic mass is 10.1. The molecule has 5 heteroatoms. The van der Waals surface area contributed by atoms with E-state index in [9.17, 15) is 9.59 Å². The molecule has 1 N–H and O–H groups in total. The van der Waals surface area contributed by atoms with E-state index in [1.807, 2.05) is 31.2 Å². The maximum absolute atomic E-state index is 11.8. The van der Waals surface area contributed by atoms with E-state index in [-0.39, 0.29) is 12.5 Å². The Bertz CT molecular complexity index is 600. The Labute approximate surface area is 143 Å². The number of carbonyl (C=O) groups excluding carboxylic acids is 2. The first kappa shape index (κ1) is 17.8. The second-order valence-corrected chi connectivity index (χ2v) is 5.64. The minimum atomic E-state index is -0.538. The molecule has 5 nitrogen and oxygen atoms in total. The first-order valence-electron chi connectivity index (χ1n) is 8.30. The fourth-order valence-electron chi connectivity index (χ4n) is 2.53. The minimum absolute atomic E-state index is 0.299. The number of amides is 1. The van der Waals surface area contributed by atoms with Crippen molar-refractivity contribution in [2.24, 2.45) is 0 Å². The number of hydrogen-bond donors (Lipinski definition) is 1. The van der Waals surface area contributed by atoms with Gasteiger partial charge < -0.3 is 15.0 Å². The third kappa shape index (κ3) is 5.91. The third-order valence-corrected chi connectivity index (χ3v) is 3.75. The van der Waals surface area contributed by atoms with E-state index in [0.29, 0.717) is 5.69 Å². The van der Waals surface area contributed by atoms with Crippen molar-refractivity contribution in [3.05, 3.63) is 48.6 Å². The fraction of sp³-hybridized carbons (Fsp3) is 0.368. The van der Waals surface area contributed by atoms with Crippen molar-refractivity contribution in [1.82, 2.24) is 0 Å².